The number of halogens is 1. The highest BCUT2D eigenvalue weighted by Gasteiger charge is 2.18. The molecule has 1 atom stereocenters. The van der Waals surface area contributed by atoms with Gasteiger partial charge in [0.15, 0.2) is 0 Å². The van der Waals surface area contributed by atoms with Crippen LogP contribution in [-0.2, 0) is 0 Å². The van der Waals surface area contributed by atoms with Crippen LogP contribution in [0.25, 0.3) is 22.2 Å². The van der Waals surface area contributed by atoms with Crippen LogP contribution in [0.4, 0.5) is 10.2 Å². The molecule has 7 nitrogen and oxygen atoms in total. The van der Waals surface area contributed by atoms with Gasteiger partial charge in [-0.1, -0.05) is 13.0 Å². The van der Waals surface area contributed by atoms with Gasteiger partial charge in [0.2, 0.25) is 0 Å². The Kier molecular flexibility index (Phi) is 5.32. The number of anilines is 1. The molecule has 4 rings (SSSR count). The smallest absolute Gasteiger partial charge is 0.251 e. The lowest BCUT2D eigenvalue weighted by Crippen LogP contribution is -2.19. The molecule has 0 unspecified atom stereocenters. The van der Waals surface area contributed by atoms with E-state index in [4.69, 9.17) is 2.74 Å². The maximum absolute atomic E-state index is 14.6. The van der Waals surface area contributed by atoms with Crippen LogP contribution in [0.3, 0.4) is 0 Å². The Labute approximate surface area is 188 Å². The first kappa shape index (κ1) is 18.8. The molecule has 32 heavy (non-hydrogen) atoms. The zero-order valence-corrected chi connectivity index (χ0v) is 17.9. The Morgan fingerprint density at radius 3 is 2.81 bits per heavy atom. The number of rotatable bonds is 6. The van der Waals surface area contributed by atoms with Gasteiger partial charge in [0, 0.05) is 54.6 Å². The molecule has 3 aromatic heterocycles. The fourth-order valence-electron chi connectivity index (χ4n) is 3.44. The van der Waals surface area contributed by atoms with Crippen molar-refractivity contribution in [3.05, 3.63) is 77.7 Å². The number of hydrogen-bond donors (Lipinski definition) is 2. The molecule has 0 aliphatic rings. The minimum atomic E-state index is -0.504. The van der Waals surface area contributed by atoms with Gasteiger partial charge in [-0.15, -0.1) is 0 Å². The monoisotopic (exact) mass is 432 g/mol. The molecule has 8 heteroatoms. The average Bonchev–Trinajstić information content (AvgIpc) is 2.81. The molecule has 3 heterocycles. The summed E-state index contributed by atoms with van der Waals surface area (Å²) < 4.78 is 31.0. The van der Waals surface area contributed by atoms with E-state index in [0.29, 0.717) is 34.8 Å². The molecule has 1 amide bonds. The number of benzene rings is 1. The summed E-state index contributed by atoms with van der Waals surface area (Å²) >= 11 is 0. The number of pyridine rings is 2. The average molecular weight is 432 g/mol. The van der Waals surface area contributed by atoms with Crippen LogP contribution >= 0.6 is 0 Å². The fourth-order valence-corrected chi connectivity index (χ4v) is 3.44. The van der Waals surface area contributed by atoms with Crippen molar-refractivity contribution in [2.45, 2.75) is 19.8 Å². The first-order chi connectivity index (χ1) is 16.3. The lowest BCUT2D eigenvalue weighted by Gasteiger charge is -2.17. The minimum Gasteiger partial charge on any atom is -0.369 e. The van der Waals surface area contributed by atoms with Crippen molar-refractivity contribution >= 4 is 22.6 Å². The van der Waals surface area contributed by atoms with E-state index >= 15 is 0 Å². The quantitative estimate of drug-likeness (QED) is 0.476. The molecule has 0 spiro atoms. The molecular weight excluding hydrogens is 407 g/mol. The number of nitrogens with zero attached hydrogens (tertiary/aromatic N) is 4. The molecule has 4 aromatic rings. The third-order valence-electron chi connectivity index (χ3n) is 5.16. The maximum atomic E-state index is 14.6. The van der Waals surface area contributed by atoms with Crippen LogP contribution in [0.15, 0.2) is 55.1 Å². The van der Waals surface area contributed by atoms with Crippen LogP contribution < -0.4 is 10.6 Å². The Hall–Kier alpha value is -3.94. The van der Waals surface area contributed by atoms with Crippen molar-refractivity contribution in [1.29, 1.82) is 0 Å². The van der Waals surface area contributed by atoms with Gasteiger partial charge in [-0.2, -0.15) is 0 Å². The van der Waals surface area contributed by atoms with Gasteiger partial charge in [-0.3, -0.25) is 14.8 Å². The van der Waals surface area contributed by atoms with Crippen molar-refractivity contribution < 1.29 is 11.9 Å². The summed E-state index contributed by atoms with van der Waals surface area (Å²) in [7, 11) is 1.50. The van der Waals surface area contributed by atoms with E-state index in [1.807, 2.05) is 6.92 Å². The molecule has 0 saturated carbocycles. The van der Waals surface area contributed by atoms with E-state index in [1.165, 1.54) is 31.7 Å². The van der Waals surface area contributed by atoms with E-state index in [0.717, 1.165) is 5.56 Å². The molecule has 2 N–H and O–H groups in total. The fraction of sp³-hybridized carbons (Fsp3) is 0.208. The number of aromatic nitrogens is 4. The number of carbonyl (C=O) groups excluding carboxylic acids is 1. The molecule has 0 fully saturated rings. The summed E-state index contributed by atoms with van der Waals surface area (Å²) in [6.07, 6.45) is 2.85. The lowest BCUT2D eigenvalue weighted by molar-refractivity contribution is 0.0964. The number of nitrogens with one attached hydrogen (secondary N) is 2. The second-order valence-corrected chi connectivity index (χ2v) is 7.40. The summed E-state index contributed by atoms with van der Waals surface area (Å²) in [6.45, 7) is 4.14. The van der Waals surface area contributed by atoms with E-state index < -0.39 is 5.82 Å². The zero-order chi connectivity index (χ0) is 24.4. The van der Waals surface area contributed by atoms with Gasteiger partial charge < -0.3 is 10.6 Å². The zero-order valence-electron chi connectivity index (χ0n) is 19.9. The van der Waals surface area contributed by atoms with Crippen molar-refractivity contribution in [3.63, 3.8) is 0 Å². The van der Waals surface area contributed by atoms with Gasteiger partial charge >= 0.3 is 0 Å². The van der Waals surface area contributed by atoms with E-state index in [-0.39, 0.29) is 35.0 Å². The number of aryl methyl sites for hydroxylation is 1. The predicted octanol–water partition coefficient (Wildman–Crippen LogP) is 4.11. The second kappa shape index (κ2) is 9.05. The number of fused-ring (bicyclic) bond motifs is 1. The molecule has 162 valence electrons. The second-order valence-electron chi connectivity index (χ2n) is 7.40. The minimum absolute atomic E-state index is 0.0150. The Balaban J connectivity index is 1.61. The van der Waals surface area contributed by atoms with Gasteiger partial charge in [0.1, 0.15) is 18.0 Å². The third kappa shape index (κ3) is 4.25. The first-order valence-electron chi connectivity index (χ1n) is 11.1. The summed E-state index contributed by atoms with van der Waals surface area (Å²) in [5, 5.41) is 5.96. The van der Waals surface area contributed by atoms with E-state index in [1.54, 1.807) is 25.1 Å². The SMILES string of the molecule is [2H]c1cc(C)nc([2H])c1-c1cc(NC[C@@H](C)c2ccc(F)c3c(C(=O)NC)ccnc23)ncn1. The number of amides is 1. The largest absolute Gasteiger partial charge is 0.369 e. The molecule has 1 aromatic carbocycles. The van der Waals surface area contributed by atoms with E-state index in [9.17, 15) is 9.18 Å². The summed E-state index contributed by atoms with van der Waals surface area (Å²) in [5.41, 5.74) is 2.81. The van der Waals surface area contributed by atoms with Crippen LogP contribution in [0.5, 0.6) is 0 Å². The molecule has 0 bridgehead atoms. The Morgan fingerprint density at radius 1 is 1.19 bits per heavy atom. The standard InChI is InChI=1S/C24H23FN6O/c1-14(11-29-21-10-20(30-13-31-21)16-5-4-15(2)28-12-16)17-6-7-19(25)22-18(24(32)26-3)8-9-27-23(17)22/h4-10,12-14H,11H2,1-3H3,(H,26,32)(H,29,30,31)/t14-/m1/s1/i5D,12D. The normalized spacial score (nSPS) is 12.8. The van der Waals surface area contributed by atoms with E-state index in [2.05, 4.69) is 30.6 Å². The molecule has 0 saturated heterocycles. The summed E-state index contributed by atoms with van der Waals surface area (Å²) in [4.78, 5) is 29.1. The highest BCUT2D eigenvalue weighted by molar-refractivity contribution is 6.06. The third-order valence-corrected chi connectivity index (χ3v) is 5.16. The van der Waals surface area contributed by atoms with Gasteiger partial charge in [-0.25, -0.2) is 14.4 Å². The number of hydrogen-bond acceptors (Lipinski definition) is 6. The molecule has 0 radical (unpaired) electrons. The van der Waals surface area contributed by atoms with Crippen LogP contribution in [0.2, 0.25) is 0 Å². The van der Waals surface area contributed by atoms with Crippen molar-refractivity contribution in [2.24, 2.45) is 0 Å². The van der Waals surface area contributed by atoms with Gasteiger partial charge in [0.05, 0.1) is 19.5 Å². The lowest BCUT2D eigenvalue weighted by atomic mass is 9.95. The van der Waals surface area contributed by atoms with Crippen LogP contribution in [0, 0.1) is 12.7 Å². The molecule has 0 aliphatic carbocycles. The highest BCUT2D eigenvalue weighted by atomic mass is 19.1. The first-order valence-corrected chi connectivity index (χ1v) is 10.1. The Morgan fingerprint density at radius 2 is 2.03 bits per heavy atom. The summed E-state index contributed by atoms with van der Waals surface area (Å²) in [5.74, 6) is -0.471. The molecular formula is C24H23FN6O. The predicted molar refractivity (Wildman–Crippen MR) is 122 cm³/mol. The van der Waals surface area contributed by atoms with Crippen molar-refractivity contribution in [3.8, 4) is 11.3 Å². The Bertz CT molecular complexity index is 1370. The van der Waals surface area contributed by atoms with Crippen LogP contribution in [-0.4, -0.2) is 39.4 Å². The topological polar surface area (TPSA) is 92.7 Å². The van der Waals surface area contributed by atoms with Gasteiger partial charge in [-0.05, 0) is 36.7 Å². The van der Waals surface area contributed by atoms with Crippen LogP contribution in [0.1, 0.15) is 37.2 Å². The molecule has 0 aliphatic heterocycles. The van der Waals surface area contributed by atoms with Crippen molar-refractivity contribution in [1.82, 2.24) is 25.3 Å². The highest BCUT2D eigenvalue weighted by Crippen LogP contribution is 2.29. The van der Waals surface area contributed by atoms with Crippen molar-refractivity contribution in [2.75, 3.05) is 18.9 Å². The van der Waals surface area contributed by atoms with Gasteiger partial charge in [0.25, 0.3) is 5.91 Å². The maximum Gasteiger partial charge on any atom is 0.251 e. The summed E-state index contributed by atoms with van der Waals surface area (Å²) in [6, 6.07) is 7.95. The number of carbonyl (C=O) groups is 1.